The van der Waals surface area contributed by atoms with E-state index in [1.54, 1.807) is 7.11 Å². The van der Waals surface area contributed by atoms with Gasteiger partial charge in [0.15, 0.2) is 4.34 Å². The number of rotatable bonds is 9. The highest BCUT2D eigenvalue weighted by Gasteiger charge is 2.12. The summed E-state index contributed by atoms with van der Waals surface area (Å²) in [4.78, 5) is 4.50. The Balaban J connectivity index is 1.29. The summed E-state index contributed by atoms with van der Waals surface area (Å²) in [5.41, 5.74) is 3.38. The van der Waals surface area contributed by atoms with Crippen LogP contribution in [0.4, 0.5) is 5.13 Å². The lowest BCUT2D eigenvalue weighted by Gasteiger charge is -2.04. The van der Waals surface area contributed by atoms with Crippen LogP contribution in [0.3, 0.4) is 0 Å². The lowest BCUT2D eigenvalue weighted by molar-refractivity contribution is 0.391. The van der Waals surface area contributed by atoms with Crippen LogP contribution in [0.1, 0.15) is 36.8 Å². The summed E-state index contributed by atoms with van der Waals surface area (Å²) < 4.78 is 11.4. The molecule has 0 fully saturated rings. The van der Waals surface area contributed by atoms with Gasteiger partial charge in [0.25, 0.3) is 0 Å². The number of aromatic nitrogens is 4. The van der Waals surface area contributed by atoms with Crippen molar-refractivity contribution in [2.75, 3.05) is 12.4 Å². The van der Waals surface area contributed by atoms with E-state index in [0.29, 0.717) is 29.9 Å². The second-order valence-electron chi connectivity index (χ2n) is 7.15. The normalized spacial score (nSPS) is 11.1. The van der Waals surface area contributed by atoms with Crippen LogP contribution in [0.2, 0.25) is 0 Å². The Hall–Kier alpha value is -2.91. The van der Waals surface area contributed by atoms with Crippen LogP contribution in [-0.4, -0.2) is 27.4 Å². The summed E-state index contributed by atoms with van der Waals surface area (Å²) in [6.07, 6.45) is 0. The molecule has 4 rings (SSSR count). The van der Waals surface area contributed by atoms with E-state index in [-0.39, 0.29) is 0 Å². The Morgan fingerprint density at radius 2 is 1.84 bits per heavy atom. The van der Waals surface area contributed by atoms with Crippen molar-refractivity contribution in [2.24, 2.45) is 0 Å². The largest absolute Gasteiger partial charge is 0.497 e. The monoisotopic (exact) mass is 453 g/mol. The number of nitrogens with one attached hydrogen (secondary N) is 1. The molecule has 7 nitrogen and oxygen atoms in total. The molecule has 1 N–H and O–H groups in total. The van der Waals surface area contributed by atoms with Crippen molar-refractivity contribution < 1.29 is 9.26 Å². The SMILES string of the molecule is COc1ccc(CNc2nnc(SCc3nc(-c4ccc(C(C)C)cc4)no3)s2)cc1. The van der Waals surface area contributed by atoms with Gasteiger partial charge in [-0.25, -0.2) is 0 Å². The molecule has 31 heavy (non-hydrogen) atoms. The molecular weight excluding hydrogens is 430 g/mol. The maximum absolute atomic E-state index is 5.40. The number of benzene rings is 2. The van der Waals surface area contributed by atoms with E-state index < -0.39 is 0 Å². The Bertz CT molecular complexity index is 1110. The standard InChI is InChI=1S/C22H23N5O2S2/c1-14(2)16-6-8-17(9-7-16)20-24-19(29-27-20)13-30-22-26-25-21(31-22)23-12-15-4-10-18(28-3)11-5-15/h4-11,14H,12-13H2,1-3H3,(H,23,25). The van der Waals surface area contributed by atoms with Crippen molar-refractivity contribution in [3.05, 3.63) is 65.5 Å². The first-order chi connectivity index (χ1) is 15.1. The van der Waals surface area contributed by atoms with Gasteiger partial charge in [-0.15, -0.1) is 10.2 Å². The fourth-order valence-corrected chi connectivity index (χ4v) is 4.42. The minimum Gasteiger partial charge on any atom is -0.497 e. The van der Waals surface area contributed by atoms with E-state index in [0.717, 1.165) is 26.3 Å². The molecule has 0 bridgehead atoms. The number of nitrogens with zero attached hydrogens (tertiary/aromatic N) is 4. The van der Waals surface area contributed by atoms with Crippen LogP contribution in [0.15, 0.2) is 57.4 Å². The van der Waals surface area contributed by atoms with Crippen molar-refractivity contribution in [2.45, 2.75) is 36.4 Å². The van der Waals surface area contributed by atoms with Gasteiger partial charge in [-0.3, -0.25) is 0 Å². The van der Waals surface area contributed by atoms with Crippen LogP contribution in [0.25, 0.3) is 11.4 Å². The second-order valence-corrected chi connectivity index (χ2v) is 9.35. The van der Waals surface area contributed by atoms with Crippen molar-refractivity contribution in [1.29, 1.82) is 0 Å². The maximum Gasteiger partial charge on any atom is 0.237 e. The van der Waals surface area contributed by atoms with Gasteiger partial charge >= 0.3 is 0 Å². The van der Waals surface area contributed by atoms with Gasteiger partial charge in [-0.05, 0) is 29.2 Å². The van der Waals surface area contributed by atoms with Crippen LogP contribution < -0.4 is 10.1 Å². The van der Waals surface area contributed by atoms with E-state index in [9.17, 15) is 0 Å². The topological polar surface area (TPSA) is 86.0 Å². The fourth-order valence-electron chi connectivity index (χ4n) is 2.83. The molecule has 4 aromatic rings. The Labute approximate surface area is 189 Å². The average Bonchev–Trinajstić information content (AvgIpc) is 3.46. The Kier molecular flexibility index (Phi) is 6.83. The fraction of sp³-hybridized carbons (Fsp3) is 0.273. The second kappa shape index (κ2) is 9.93. The Morgan fingerprint density at radius 1 is 1.06 bits per heavy atom. The molecule has 0 aliphatic carbocycles. The van der Waals surface area contributed by atoms with Crippen LogP contribution in [-0.2, 0) is 12.3 Å². The van der Waals surface area contributed by atoms with Crippen molar-refractivity contribution in [3.63, 3.8) is 0 Å². The molecule has 0 aliphatic heterocycles. The highest BCUT2D eigenvalue weighted by molar-refractivity contribution is 8.00. The first kappa shape index (κ1) is 21.3. The Morgan fingerprint density at radius 3 is 2.55 bits per heavy atom. The smallest absolute Gasteiger partial charge is 0.237 e. The maximum atomic E-state index is 5.40. The molecule has 0 amide bonds. The predicted molar refractivity (Wildman–Crippen MR) is 124 cm³/mol. The molecule has 0 spiro atoms. The number of hydrogen-bond donors (Lipinski definition) is 1. The van der Waals surface area contributed by atoms with Gasteiger partial charge in [0.05, 0.1) is 12.9 Å². The van der Waals surface area contributed by atoms with E-state index in [4.69, 9.17) is 9.26 Å². The summed E-state index contributed by atoms with van der Waals surface area (Å²) >= 11 is 3.03. The first-order valence-corrected chi connectivity index (χ1v) is 11.7. The third kappa shape index (κ3) is 5.62. The van der Waals surface area contributed by atoms with Gasteiger partial charge in [0, 0.05) is 12.1 Å². The molecule has 2 aromatic carbocycles. The minimum absolute atomic E-state index is 0.494. The molecule has 0 saturated carbocycles. The van der Waals surface area contributed by atoms with Crippen molar-refractivity contribution in [1.82, 2.24) is 20.3 Å². The van der Waals surface area contributed by atoms with E-state index >= 15 is 0 Å². The lowest BCUT2D eigenvalue weighted by Crippen LogP contribution is -1.98. The van der Waals surface area contributed by atoms with Gasteiger partial charge in [-0.2, -0.15) is 4.98 Å². The van der Waals surface area contributed by atoms with Crippen molar-refractivity contribution >= 4 is 28.2 Å². The molecule has 0 saturated heterocycles. The van der Waals surface area contributed by atoms with Gasteiger partial charge in [0.1, 0.15) is 5.75 Å². The summed E-state index contributed by atoms with van der Waals surface area (Å²) in [5.74, 6) is 3.05. The van der Waals surface area contributed by atoms with E-state index in [1.807, 2.05) is 36.4 Å². The molecule has 0 radical (unpaired) electrons. The molecule has 160 valence electrons. The zero-order chi connectivity index (χ0) is 21.6. The average molecular weight is 454 g/mol. The minimum atomic E-state index is 0.494. The van der Waals surface area contributed by atoms with Gasteiger partial charge in [0.2, 0.25) is 16.8 Å². The number of anilines is 1. The summed E-state index contributed by atoms with van der Waals surface area (Å²) in [5, 5.41) is 16.6. The number of hydrogen-bond acceptors (Lipinski definition) is 9. The molecule has 0 atom stereocenters. The summed E-state index contributed by atoms with van der Waals surface area (Å²) in [6.45, 7) is 5.02. The number of thioether (sulfide) groups is 1. The quantitative estimate of drug-likeness (QED) is 0.327. The van der Waals surface area contributed by atoms with Gasteiger partial charge < -0.3 is 14.6 Å². The van der Waals surface area contributed by atoms with Crippen LogP contribution in [0.5, 0.6) is 5.75 Å². The van der Waals surface area contributed by atoms with E-state index in [1.165, 1.54) is 28.7 Å². The molecule has 2 aromatic heterocycles. The summed E-state index contributed by atoms with van der Waals surface area (Å²) in [6, 6.07) is 16.2. The molecule has 0 aliphatic rings. The van der Waals surface area contributed by atoms with Gasteiger partial charge in [-0.1, -0.05) is 78.5 Å². The molecule has 0 unspecified atom stereocenters. The summed E-state index contributed by atoms with van der Waals surface area (Å²) in [7, 11) is 1.66. The third-order valence-electron chi connectivity index (χ3n) is 4.63. The highest BCUT2D eigenvalue weighted by Crippen LogP contribution is 2.29. The zero-order valence-electron chi connectivity index (χ0n) is 17.5. The lowest BCUT2D eigenvalue weighted by atomic mass is 10.0. The number of methoxy groups -OCH3 is 1. The first-order valence-electron chi connectivity index (χ1n) is 9.86. The van der Waals surface area contributed by atoms with Crippen LogP contribution in [0, 0.1) is 0 Å². The molecular formula is C22H23N5O2S2. The van der Waals surface area contributed by atoms with Crippen LogP contribution >= 0.6 is 23.1 Å². The molecule has 9 heteroatoms. The number of ether oxygens (including phenoxy) is 1. The van der Waals surface area contributed by atoms with E-state index in [2.05, 4.69) is 51.6 Å². The van der Waals surface area contributed by atoms with Crippen molar-refractivity contribution in [3.8, 4) is 17.1 Å². The predicted octanol–water partition coefficient (Wildman–Crippen LogP) is 5.62. The highest BCUT2D eigenvalue weighted by atomic mass is 32.2. The molecule has 2 heterocycles. The third-order valence-corrected chi connectivity index (χ3v) is 6.63. The zero-order valence-corrected chi connectivity index (χ0v) is 19.2.